The summed E-state index contributed by atoms with van der Waals surface area (Å²) in [5, 5.41) is 23.4. The van der Waals surface area contributed by atoms with Crippen molar-refractivity contribution in [2.75, 3.05) is 6.54 Å². The molecule has 0 bridgehead atoms. The lowest BCUT2D eigenvalue weighted by atomic mass is 9.98. The highest BCUT2D eigenvalue weighted by atomic mass is 16.4. The van der Waals surface area contributed by atoms with Crippen molar-refractivity contribution in [3.05, 3.63) is 75.1 Å². The van der Waals surface area contributed by atoms with Crippen LogP contribution in [-0.4, -0.2) is 22.9 Å². The van der Waals surface area contributed by atoms with E-state index >= 15 is 0 Å². The summed E-state index contributed by atoms with van der Waals surface area (Å²) in [5.74, 6) is 0.0638. The molecule has 1 atom stereocenters. The molecule has 1 aromatic heterocycles. The Morgan fingerprint density at radius 1 is 1.12 bits per heavy atom. The van der Waals surface area contributed by atoms with E-state index in [0.717, 1.165) is 16.5 Å². The van der Waals surface area contributed by atoms with Gasteiger partial charge in [-0.15, -0.1) is 0 Å². The molecule has 26 heavy (non-hydrogen) atoms. The molecule has 136 valence electrons. The van der Waals surface area contributed by atoms with E-state index in [2.05, 4.69) is 5.32 Å². The van der Waals surface area contributed by atoms with Gasteiger partial charge in [0.1, 0.15) is 11.3 Å². The summed E-state index contributed by atoms with van der Waals surface area (Å²) in [4.78, 5) is 12.6. The maximum Gasteiger partial charge on any atom is 0.340 e. The number of aromatic hydroxyl groups is 1. The van der Waals surface area contributed by atoms with Gasteiger partial charge < -0.3 is 19.9 Å². The largest absolute Gasteiger partial charge is 0.507 e. The van der Waals surface area contributed by atoms with Crippen LogP contribution in [0.15, 0.2) is 51.7 Å². The first-order valence-electron chi connectivity index (χ1n) is 8.67. The first-order chi connectivity index (χ1) is 12.5. The maximum absolute atomic E-state index is 12.6. The van der Waals surface area contributed by atoms with Crippen LogP contribution >= 0.6 is 0 Å². The zero-order valence-corrected chi connectivity index (χ0v) is 15.0. The molecule has 0 spiro atoms. The van der Waals surface area contributed by atoms with Crippen molar-refractivity contribution in [3.63, 3.8) is 0 Å². The van der Waals surface area contributed by atoms with Crippen molar-refractivity contribution in [2.45, 2.75) is 32.9 Å². The van der Waals surface area contributed by atoms with Crippen LogP contribution in [0.3, 0.4) is 0 Å². The Balaban J connectivity index is 2.04. The number of aliphatic hydroxyl groups is 1. The fourth-order valence-corrected chi connectivity index (χ4v) is 3.08. The molecule has 0 aliphatic rings. The number of rotatable bonds is 6. The van der Waals surface area contributed by atoms with Gasteiger partial charge in [0.05, 0.1) is 11.7 Å². The molecule has 2 aromatic carbocycles. The fraction of sp³-hybridized carbons (Fsp3) is 0.286. The molecule has 0 saturated heterocycles. The second-order valence-corrected chi connectivity index (χ2v) is 6.58. The number of benzene rings is 2. The first-order valence-corrected chi connectivity index (χ1v) is 8.67. The SMILES string of the molecule is Cc1c(Cc2ccccc2)c(=O)oc2c(CNC[C@@H](C)O)c(O)ccc12. The van der Waals surface area contributed by atoms with Gasteiger partial charge in [-0.1, -0.05) is 30.3 Å². The van der Waals surface area contributed by atoms with Crippen LogP contribution in [0.5, 0.6) is 5.75 Å². The zero-order chi connectivity index (χ0) is 18.7. The second kappa shape index (κ2) is 7.72. The Morgan fingerprint density at radius 2 is 1.85 bits per heavy atom. The molecule has 0 aliphatic carbocycles. The van der Waals surface area contributed by atoms with E-state index in [1.807, 2.05) is 37.3 Å². The fourth-order valence-electron chi connectivity index (χ4n) is 3.08. The molecule has 0 saturated carbocycles. The summed E-state index contributed by atoms with van der Waals surface area (Å²) in [6.07, 6.45) is -0.000116. The van der Waals surface area contributed by atoms with Gasteiger partial charge in [0.25, 0.3) is 0 Å². The summed E-state index contributed by atoms with van der Waals surface area (Å²) in [5.41, 5.74) is 3.05. The molecule has 5 nitrogen and oxygen atoms in total. The number of fused-ring (bicyclic) bond motifs is 1. The van der Waals surface area contributed by atoms with Crippen LogP contribution in [-0.2, 0) is 13.0 Å². The molecular weight excluding hydrogens is 330 g/mol. The molecule has 0 radical (unpaired) electrons. The third kappa shape index (κ3) is 3.79. The highest BCUT2D eigenvalue weighted by Crippen LogP contribution is 2.29. The van der Waals surface area contributed by atoms with Gasteiger partial charge in [-0.3, -0.25) is 0 Å². The van der Waals surface area contributed by atoms with Crippen LogP contribution in [0, 0.1) is 6.92 Å². The zero-order valence-electron chi connectivity index (χ0n) is 15.0. The Morgan fingerprint density at radius 3 is 2.54 bits per heavy atom. The minimum atomic E-state index is -0.502. The molecule has 5 heteroatoms. The van der Waals surface area contributed by atoms with Crippen LogP contribution in [0.4, 0.5) is 0 Å². The minimum absolute atomic E-state index is 0.0638. The summed E-state index contributed by atoms with van der Waals surface area (Å²) < 4.78 is 5.60. The van der Waals surface area contributed by atoms with Crippen LogP contribution in [0.25, 0.3) is 11.0 Å². The van der Waals surface area contributed by atoms with Gasteiger partial charge in [0, 0.05) is 30.5 Å². The minimum Gasteiger partial charge on any atom is -0.507 e. The third-order valence-electron chi connectivity index (χ3n) is 4.50. The molecule has 0 fully saturated rings. The number of hydrogen-bond donors (Lipinski definition) is 3. The lowest BCUT2D eigenvalue weighted by Gasteiger charge is -2.13. The average molecular weight is 353 g/mol. The standard InChI is InChI=1S/C21H23NO4/c1-13(23)11-22-12-18-19(24)9-8-16-14(2)17(21(25)26-20(16)18)10-15-6-4-3-5-7-15/h3-9,13,22-24H,10-12H2,1-2H3/t13-/m1/s1. The Kier molecular flexibility index (Phi) is 5.40. The van der Waals surface area contributed by atoms with Crippen molar-refractivity contribution in [1.29, 1.82) is 0 Å². The van der Waals surface area contributed by atoms with Crippen LogP contribution < -0.4 is 10.9 Å². The normalized spacial score (nSPS) is 12.4. The molecule has 3 aromatic rings. The van der Waals surface area contributed by atoms with Crippen molar-refractivity contribution >= 4 is 11.0 Å². The molecule has 0 amide bonds. The monoisotopic (exact) mass is 353 g/mol. The predicted octanol–water partition coefficient (Wildman–Crippen LogP) is 2.87. The number of phenolic OH excluding ortho intramolecular Hbond substituents is 1. The molecular formula is C21H23NO4. The Bertz CT molecular complexity index is 961. The number of phenols is 1. The van der Waals surface area contributed by atoms with Gasteiger partial charge in [-0.2, -0.15) is 0 Å². The summed E-state index contributed by atoms with van der Waals surface area (Å²) in [7, 11) is 0. The highest BCUT2D eigenvalue weighted by molar-refractivity contribution is 5.85. The lowest BCUT2D eigenvalue weighted by molar-refractivity contribution is 0.191. The number of aryl methyl sites for hydroxylation is 1. The van der Waals surface area contributed by atoms with E-state index in [0.29, 0.717) is 36.2 Å². The molecule has 1 heterocycles. The van der Waals surface area contributed by atoms with Gasteiger partial charge in [0.15, 0.2) is 0 Å². The van der Waals surface area contributed by atoms with Crippen LogP contribution in [0.1, 0.15) is 29.2 Å². The molecule has 0 unspecified atom stereocenters. The lowest BCUT2D eigenvalue weighted by Crippen LogP contribution is -2.24. The van der Waals surface area contributed by atoms with Crippen molar-refractivity contribution in [1.82, 2.24) is 5.32 Å². The Labute approximate surface area is 151 Å². The van der Waals surface area contributed by atoms with E-state index in [-0.39, 0.29) is 11.4 Å². The predicted molar refractivity (Wildman–Crippen MR) is 102 cm³/mol. The summed E-state index contributed by atoms with van der Waals surface area (Å²) in [6.45, 7) is 4.26. The van der Waals surface area contributed by atoms with E-state index < -0.39 is 6.10 Å². The van der Waals surface area contributed by atoms with Gasteiger partial charge in [-0.05, 0) is 37.1 Å². The second-order valence-electron chi connectivity index (χ2n) is 6.58. The van der Waals surface area contributed by atoms with E-state index in [9.17, 15) is 15.0 Å². The van der Waals surface area contributed by atoms with Crippen molar-refractivity contribution in [2.24, 2.45) is 0 Å². The molecule has 3 N–H and O–H groups in total. The van der Waals surface area contributed by atoms with Crippen LogP contribution in [0.2, 0.25) is 0 Å². The highest BCUT2D eigenvalue weighted by Gasteiger charge is 2.16. The van der Waals surface area contributed by atoms with E-state index in [1.165, 1.54) is 0 Å². The number of aliphatic hydroxyl groups excluding tert-OH is 1. The third-order valence-corrected chi connectivity index (χ3v) is 4.50. The smallest absolute Gasteiger partial charge is 0.340 e. The van der Waals surface area contributed by atoms with E-state index in [1.54, 1.807) is 19.1 Å². The molecule has 0 aliphatic heterocycles. The van der Waals surface area contributed by atoms with Crippen molar-refractivity contribution in [3.8, 4) is 5.75 Å². The first kappa shape index (κ1) is 18.2. The van der Waals surface area contributed by atoms with Gasteiger partial charge in [-0.25, -0.2) is 4.79 Å². The van der Waals surface area contributed by atoms with Gasteiger partial charge in [0.2, 0.25) is 0 Å². The average Bonchev–Trinajstić information content (AvgIpc) is 2.61. The quantitative estimate of drug-likeness (QED) is 0.594. The summed E-state index contributed by atoms with van der Waals surface area (Å²) >= 11 is 0. The van der Waals surface area contributed by atoms with E-state index in [4.69, 9.17) is 4.42 Å². The maximum atomic E-state index is 12.6. The summed E-state index contributed by atoms with van der Waals surface area (Å²) in [6, 6.07) is 13.2. The van der Waals surface area contributed by atoms with Gasteiger partial charge >= 0.3 is 5.63 Å². The van der Waals surface area contributed by atoms with Crippen molar-refractivity contribution < 1.29 is 14.6 Å². The molecule has 3 rings (SSSR count). The Hall–Kier alpha value is -2.63. The number of nitrogens with one attached hydrogen (secondary N) is 1. The topological polar surface area (TPSA) is 82.7 Å². The number of hydrogen-bond acceptors (Lipinski definition) is 5.